The second kappa shape index (κ2) is 7.01. The molecule has 4 heteroatoms. The standard InChI is InChI=1S/C21H22O4/c1-5-23-21(22)20-15(4)25-19-9-8-17(11-18(19)20)24-12-16-10-13(2)6-7-14(16)3/h6-11H,5,12H2,1-4H3. The van der Waals surface area contributed by atoms with E-state index in [1.165, 1.54) is 11.1 Å². The van der Waals surface area contributed by atoms with Gasteiger partial charge in [-0.1, -0.05) is 23.8 Å². The fraction of sp³-hybridized carbons (Fsp3) is 0.286. The van der Waals surface area contributed by atoms with Crippen LogP contribution in [0.5, 0.6) is 5.75 Å². The van der Waals surface area contributed by atoms with Gasteiger partial charge in [0.1, 0.15) is 29.3 Å². The fourth-order valence-electron chi connectivity index (χ4n) is 2.86. The Labute approximate surface area is 147 Å². The summed E-state index contributed by atoms with van der Waals surface area (Å²) in [4.78, 5) is 12.2. The Morgan fingerprint density at radius 3 is 2.64 bits per heavy atom. The summed E-state index contributed by atoms with van der Waals surface area (Å²) in [6.07, 6.45) is 0. The number of ether oxygens (including phenoxy) is 2. The first-order valence-corrected chi connectivity index (χ1v) is 8.38. The molecule has 0 bridgehead atoms. The topological polar surface area (TPSA) is 48.7 Å². The number of carbonyl (C=O) groups excluding carboxylic acids is 1. The summed E-state index contributed by atoms with van der Waals surface area (Å²) >= 11 is 0. The molecule has 2 aromatic carbocycles. The van der Waals surface area contributed by atoms with Crippen LogP contribution in [0, 0.1) is 20.8 Å². The highest BCUT2D eigenvalue weighted by Gasteiger charge is 2.19. The molecule has 0 spiro atoms. The van der Waals surface area contributed by atoms with E-state index in [4.69, 9.17) is 13.9 Å². The van der Waals surface area contributed by atoms with Crippen molar-refractivity contribution < 1.29 is 18.7 Å². The van der Waals surface area contributed by atoms with E-state index in [9.17, 15) is 4.79 Å². The van der Waals surface area contributed by atoms with Crippen LogP contribution in [0.15, 0.2) is 40.8 Å². The molecule has 0 amide bonds. The fourth-order valence-corrected chi connectivity index (χ4v) is 2.86. The minimum absolute atomic E-state index is 0.327. The Bertz CT molecular complexity index is 921. The Morgan fingerprint density at radius 2 is 1.88 bits per heavy atom. The Balaban J connectivity index is 1.89. The molecule has 0 saturated heterocycles. The number of esters is 1. The van der Waals surface area contributed by atoms with Crippen molar-refractivity contribution in [3.8, 4) is 5.75 Å². The van der Waals surface area contributed by atoms with E-state index < -0.39 is 0 Å². The minimum Gasteiger partial charge on any atom is -0.489 e. The van der Waals surface area contributed by atoms with Crippen molar-refractivity contribution in [2.45, 2.75) is 34.3 Å². The zero-order valence-corrected chi connectivity index (χ0v) is 15.0. The van der Waals surface area contributed by atoms with Gasteiger partial charge < -0.3 is 13.9 Å². The summed E-state index contributed by atoms with van der Waals surface area (Å²) in [6.45, 7) is 8.49. The largest absolute Gasteiger partial charge is 0.489 e. The zero-order valence-electron chi connectivity index (χ0n) is 15.0. The molecular weight excluding hydrogens is 316 g/mol. The van der Waals surface area contributed by atoms with Gasteiger partial charge >= 0.3 is 5.97 Å². The van der Waals surface area contributed by atoms with Gasteiger partial charge in [-0.15, -0.1) is 0 Å². The third kappa shape index (κ3) is 3.53. The van der Waals surface area contributed by atoms with Crippen LogP contribution in [0.1, 0.15) is 39.7 Å². The minimum atomic E-state index is -0.370. The molecule has 3 rings (SSSR count). The van der Waals surface area contributed by atoms with Crippen molar-refractivity contribution in [2.24, 2.45) is 0 Å². The molecule has 0 unspecified atom stereocenters. The van der Waals surface area contributed by atoms with Crippen LogP contribution in [0.25, 0.3) is 11.0 Å². The summed E-state index contributed by atoms with van der Waals surface area (Å²) in [5, 5.41) is 0.717. The van der Waals surface area contributed by atoms with Crippen molar-refractivity contribution >= 4 is 16.9 Å². The van der Waals surface area contributed by atoms with Crippen LogP contribution in [0.2, 0.25) is 0 Å². The molecule has 1 heterocycles. The lowest BCUT2D eigenvalue weighted by Gasteiger charge is -2.10. The lowest BCUT2D eigenvalue weighted by atomic mass is 10.1. The number of rotatable bonds is 5. The van der Waals surface area contributed by atoms with E-state index in [1.807, 2.05) is 18.2 Å². The van der Waals surface area contributed by atoms with Crippen LogP contribution >= 0.6 is 0 Å². The van der Waals surface area contributed by atoms with Gasteiger partial charge in [0.25, 0.3) is 0 Å². The molecule has 1 aromatic heterocycles. The van der Waals surface area contributed by atoms with Crippen LogP contribution in [0.3, 0.4) is 0 Å². The maximum atomic E-state index is 12.2. The van der Waals surface area contributed by atoms with Crippen molar-refractivity contribution in [3.05, 3.63) is 64.4 Å². The Hall–Kier alpha value is -2.75. The summed E-state index contributed by atoms with van der Waals surface area (Å²) < 4.78 is 16.7. The SMILES string of the molecule is CCOC(=O)c1c(C)oc2ccc(OCc3cc(C)ccc3C)cc12. The van der Waals surface area contributed by atoms with Gasteiger partial charge in [0.05, 0.1) is 6.61 Å². The Kier molecular flexibility index (Phi) is 4.79. The highest BCUT2D eigenvalue weighted by Crippen LogP contribution is 2.30. The molecule has 130 valence electrons. The van der Waals surface area contributed by atoms with Gasteiger partial charge in [-0.3, -0.25) is 0 Å². The van der Waals surface area contributed by atoms with Crippen LogP contribution in [-0.2, 0) is 11.3 Å². The summed E-state index contributed by atoms with van der Waals surface area (Å²) in [5.41, 5.74) is 4.66. The van der Waals surface area contributed by atoms with Gasteiger partial charge in [-0.25, -0.2) is 4.79 Å². The van der Waals surface area contributed by atoms with Gasteiger partial charge in [-0.05, 0) is 57.0 Å². The van der Waals surface area contributed by atoms with Gasteiger partial charge in [0, 0.05) is 5.39 Å². The average Bonchev–Trinajstić information content (AvgIpc) is 2.91. The smallest absolute Gasteiger partial charge is 0.342 e. The second-order valence-corrected chi connectivity index (χ2v) is 6.13. The lowest BCUT2D eigenvalue weighted by Crippen LogP contribution is -2.05. The molecule has 3 aromatic rings. The first-order chi connectivity index (χ1) is 12.0. The summed E-state index contributed by atoms with van der Waals surface area (Å²) in [6, 6.07) is 11.8. The van der Waals surface area contributed by atoms with E-state index in [2.05, 4.69) is 32.0 Å². The van der Waals surface area contributed by atoms with E-state index in [0.717, 1.165) is 10.9 Å². The highest BCUT2D eigenvalue weighted by atomic mass is 16.5. The third-order valence-electron chi connectivity index (χ3n) is 4.21. The number of hydrogen-bond donors (Lipinski definition) is 0. The summed E-state index contributed by atoms with van der Waals surface area (Å²) in [5.74, 6) is 0.880. The number of carbonyl (C=O) groups is 1. The first-order valence-electron chi connectivity index (χ1n) is 8.38. The molecule has 25 heavy (non-hydrogen) atoms. The quantitative estimate of drug-likeness (QED) is 0.606. The molecule has 0 aliphatic rings. The molecule has 0 aliphatic carbocycles. The zero-order chi connectivity index (χ0) is 18.0. The van der Waals surface area contributed by atoms with E-state index in [0.29, 0.717) is 35.9 Å². The van der Waals surface area contributed by atoms with Crippen molar-refractivity contribution in [2.75, 3.05) is 6.61 Å². The van der Waals surface area contributed by atoms with Crippen molar-refractivity contribution in [1.29, 1.82) is 0 Å². The number of fused-ring (bicyclic) bond motifs is 1. The predicted molar refractivity (Wildman–Crippen MR) is 97.2 cm³/mol. The summed E-state index contributed by atoms with van der Waals surface area (Å²) in [7, 11) is 0. The molecule has 0 saturated carbocycles. The maximum Gasteiger partial charge on any atom is 0.342 e. The molecule has 0 radical (unpaired) electrons. The Morgan fingerprint density at radius 1 is 1.08 bits per heavy atom. The van der Waals surface area contributed by atoms with Crippen molar-refractivity contribution in [3.63, 3.8) is 0 Å². The van der Waals surface area contributed by atoms with E-state index in [-0.39, 0.29) is 5.97 Å². The lowest BCUT2D eigenvalue weighted by molar-refractivity contribution is 0.0526. The van der Waals surface area contributed by atoms with E-state index in [1.54, 1.807) is 13.8 Å². The maximum absolute atomic E-state index is 12.2. The normalized spacial score (nSPS) is 10.9. The molecule has 0 aliphatic heterocycles. The average molecular weight is 338 g/mol. The monoisotopic (exact) mass is 338 g/mol. The second-order valence-electron chi connectivity index (χ2n) is 6.13. The molecular formula is C21H22O4. The van der Waals surface area contributed by atoms with Crippen LogP contribution < -0.4 is 4.74 Å². The number of benzene rings is 2. The van der Waals surface area contributed by atoms with E-state index >= 15 is 0 Å². The first kappa shape index (κ1) is 17.1. The third-order valence-corrected chi connectivity index (χ3v) is 4.21. The number of furan rings is 1. The van der Waals surface area contributed by atoms with Gasteiger partial charge in [-0.2, -0.15) is 0 Å². The predicted octanol–water partition coefficient (Wildman–Crippen LogP) is 5.11. The molecule has 0 atom stereocenters. The van der Waals surface area contributed by atoms with Gasteiger partial charge in [0.2, 0.25) is 0 Å². The highest BCUT2D eigenvalue weighted by molar-refractivity contribution is 6.04. The van der Waals surface area contributed by atoms with Crippen molar-refractivity contribution in [1.82, 2.24) is 0 Å². The van der Waals surface area contributed by atoms with Crippen LogP contribution in [-0.4, -0.2) is 12.6 Å². The van der Waals surface area contributed by atoms with Gasteiger partial charge in [0.15, 0.2) is 0 Å². The molecule has 0 N–H and O–H groups in total. The molecule has 0 fully saturated rings. The molecule has 4 nitrogen and oxygen atoms in total. The van der Waals surface area contributed by atoms with Crippen LogP contribution in [0.4, 0.5) is 0 Å². The number of hydrogen-bond acceptors (Lipinski definition) is 4. The number of aryl methyl sites for hydroxylation is 3.